The van der Waals surface area contributed by atoms with Crippen molar-refractivity contribution >= 4 is 43.1 Å². The molecule has 0 aliphatic carbocycles. The maximum atomic E-state index is 13.1. The number of nitrogens with zero attached hydrogens (tertiary/aromatic N) is 3. The van der Waals surface area contributed by atoms with Gasteiger partial charge in [-0.05, 0) is 0 Å². The lowest BCUT2D eigenvalue weighted by Gasteiger charge is -2.35. The molecule has 0 spiro atoms. The molecule has 140 valence electrons. The van der Waals surface area contributed by atoms with E-state index in [1.165, 1.54) is 0 Å². The van der Waals surface area contributed by atoms with Gasteiger partial charge in [0.15, 0.2) is 0 Å². The van der Waals surface area contributed by atoms with E-state index in [-0.39, 0.29) is 43.1 Å². The molecule has 2 fully saturated rings. The van der Waals surface area contributed by atoms with E-state index in [2.05, 4.69) is 20.2 Å². The molecule has 0 saturated carbocycles. The number of aromatic amines is 1. The Bertz CT molecular complexity index is 498. The molecule has 0 bridgehead atoms. The summed E-state index contributed by atoms with van der Waals surface area (Å²) in [4.78, 5) is 23.3. The topological polar surface area (TPSA) is 64.3 Å². The molecule has 2 N–H and O–H groups in total. The molecule has 1 unspecified atom stereocenters. The fourth-order valence-electron chi connectivity index (χ4n) is 2.83. The smallest absolute Gasteiger partial charge is 0.262 e. The highest BCUT2D eigenvalue weighted by Crippen LogP contribution is 2.26. The number of amides is 1. The van der Waals surface area contributed by atoms with Gasteiger partial charge in [0, 0.05) is 45.0 Å². The summed E-state index contributed by atoms with van der Waals surface area (Å²) >= 11 is 0. The Labute approximate surface area is 158 Å². The van der Waals surface area contributed by atoms with E-state index in [1.807, 2.05) is 0 Å². The molecule has 6 nitrogen and oxygen atoms in total. The Hall–Kier alpha value is -0.670. The second-order valence-electron chi connectivity index (χ2n) is 5.63. The number of carbonyl (C=O) groups is 1. The van der Waals surface area contributed by atoms with Crippen molar-refractivity contribution in [3.8, 4) is 0 Å². The first-order valence-electron chi connectivity index (χ1n) is 7.14. The molecular formula is C13H22Cl3F2N5O. The van der Waals surface area contributed by atoms with Gasteiger partial charge in [0.25, 0.3) is 5.92 Å². The van der Waals surface area contributed by atoms with E-state index in [1.54, 1.807) is 17.3 Å². The van der Waals surface area contributed by atoms with Crippen molar-refractivity contribution in [2.45, 2.75) is 24.9 Å². The van der Waals surface area contributed by atoms with Crippen molar-refractivity contribution in [2.75, 3.05) is 32.7 Å². The van der Waals surface area contributed by atoms with Crippen molar-refractivity contribution < 1.29 is 13.6 Å². The molecule has 2 saturated heterocycles. The van der Waals surface area contributed by atoms with E-state index in [9.17, 15) is 13.6 Å². The van der Waals surface area contributed by atoms with E-state index in [0.29, 0.717) is 13.1 Å². The summed E-state index contributed by atoms with van der Waals surface area (Å²) in [7, 11) is 0. The van der Waals surface area contributed by atoms with Crippen LogP contribution >= 0.6 is 37.2 Å². The van der Waals surface area contributed by atoms with Crippen LogP contribution in [0.3, 0.4) is 0 Å². The molecule has 1 atom stereocenters. The van der Waals surface area contributed by atoms with Gasteiger partial charge in [-0.2, -0.15) is 0 Å². The second kappa shape index (κ2) is 9.72. The number of imidazole rings is 1. The quantitative estimate of drug-likeness (QED) is 0.792. The average molecular weight is 409 g/mol. The average Bonchev–Trinajstić information content (AvgIpc) is 3.08. The van der Waals surface area contributed by atoms with E-state index in [4.69, 9.17) is 0 Å². The van der Waals surface area contributed by atoms with Crippen LogP contribution in [0.15, 0.2) is 12.4 Å². The third-order valence-electron chi connectivity index (χ3n) is 4.02. The Kier molecular flexibility index (Phi) is 9.45. The molecule has 2 aliphatic rings. The van der Waals surface area contributed by atoms with Gasteiger partial charge < -0.3 is 9.88 Å². The molecule has 0 radical (unpaired) electrons. The zero-order valence-electron chi connectivity index (χ0n) is 12.9. The molecule has 1 aromatic rings. The van der Waals surface area contributed by atoms with Gasteiger partial charge in [-0.1, -0.05) is 0 Å². The zero-order valence-corrected chi connectivity index (χ0v) is 15.4. The van der Waals surface area contributed by atoms with Crippen molar-refractivity contribution in [3.05, 3.63) is 18.2 Å². The maximum absolute atomic E-state index is 13.1. The number of hydrogen-bond acceptors (Lipinski definition) is 4. The number of rotatable bonds is 3. The van der Waals surface area contributed by atoms with Crippen LogP contribution in [-0.2, 0) is 11.3 Å². The van der Waals surface area contributed by atoms with Gasteiger partial charge in [-0.25, -0.2) is 13.8 Å². The minimum Gasteiger partial charge on any atom is -0.348 e. The summed E-state index contributed by atoms with van der Waals surface area (Å²) in [6.07, 6.45) is 3.10. The normalized spacial score (nSPS) is 22.9. The number of aromatic nitrogens is 2. The standard InChI is InChI=1S/C13H19F2N5O.3ClH/c14-13(15)7-10(18-9-13)12(21)20-5-3-19(4-6-20)8-11-16-1-2-17-11;;;/h1-2,10,18H,3-9H2,(H,16,17);3*1H. The molecule has 24 heavy (non-hydrogen) atoms. The monoisotopic (exact) mass is 407 g/mol. The summed E-state index contributed by atoms with van der Waals surface area (Å²) in [6.45, 7) is 2.92. The van der Waals surface area contributed by atoms with Crippen LogP contribution in [0.5, 0.6) is 0 Å². The van der Waals surface area contributed by atoms with Gasteiger partial charge in [0.05, 0.1) is 19.1 Å². The van der Waals surface area contributed by atoms with Gasteiger partial charge in [0.1, 0.15) is 5.82 Å². The summed E-state index contributed by atoms with van der Waals surface area (Å²) in [5, 5.41) is 2.62. The van der Waals surface area contributed by atoms with Crippen LogP contribution in [0.2, 0.25) is 0 Å². The van der Waals surface area contributed by atoms with Crippen molar-refractivity contribution in [1.29, 1.82) is 0 Å². The predicted molar refractivity (Wildman–Crippen MR) is 93.5 cm³/mol. The lowest BCUT2D eigenvalue weighted by atomic mass is 10.1. The molecule has 11 heteroatoms. The number of nitrogens with one attached hydrogen (secondary N) is 2. The van der Waals surface area contributed by atoms with Crippen LogP contribution in [-0.4, -0.2) is 70.4 Å². The lowest BCUT2D eigenvalue weighted by Crippen LogP contribution is -2.52. The third kappa shape index (κ3) is 5.70. The van der Waals surface area contributed by atoms with Crippen LogP contribution in [0.4, 0.5) is 8.78 Å². The van der Waals surface area contributed by atoms with Gasteiger partial charge in [0.2, 0.25) is 5.91 Å². The first kappa shape index (κ1) is 23.3. The lowest BCUT2D eigenvalue weighted by molar-refractivity contribution is -0.135. The minimum atomic E-state index is -2.76. The van der Waals surface area contributed by atoms with Gasteiger partial charge in [-0.15, -0.1) is 37.2 Å². The Morgan fingerprint density at radius 1 is 1.25 bits per heavy atom. The molecule has 1 aromatic heterocycles. The van der Waals surface area contributed by atoms with Crippen molar-refractivity contribution in [1.82, 2.24) is 25.1 Å². The third-order valence-corrected chi connectivity index (χ3v) is 4.02. The van der Waals surface area contributed by atoms with Gasteiger partial charge in [-0.3, -0.25) is 15.0 Å². The number of alkyl halides is 2. The molecule has 1 amide bonds. The minimum absolute atomic E-state index is 0. The highest BCUT2D eigenvalue weighted by molar-refractivity contribution is 5.86. The molecule has 3 rings (SSSR count). The number of hydrogen-bond donors (Lipinski definition) is 2. The van der Waals surface area contributed by atoms with Crippen molar-refractivity contribution in [3.63, 3.8) is 0 Å². The zero-order chi connectivity index (χ0) is 14.9. The Morgan fingerprint density at radius 2 is 1.92 bits per heavy atom. The first-order chi connectivity index (χ1) is 10.0. The predicted octanol–water partition coefficient (Wildman–Crippen LogP) is 1.32. The number of H-pyrrole nitrogens is 1. The number of carbonyl (C=O) groups excluding carboxylic acids is 1. The fourth-order valence-corrected chi connectivity index (χ4v) is 2.83. The largest absolute Gasteiger partial charge is 0.348 e. The molecular weight excluding hydrogens is 387 g/mol. The van der Waals surface area contributed by atoms with E-state index in [0.717, 1.165) is 25.5 Å². The highest BCUT2D eigenvalue weighted by atomic mass is 35.5. The Balaban J connectivity index is 0.00000176. The Morgan fingerprint density at radius 3 is 2.42 bits per heavy atom. The van der Waals surface area contributed by atoms with E-state index < -0.39 is 24.9 Å². The van der Waals surface area contributed by atoms with Gasteiger partial charge >= 0.3 is 0 Å². The van der Waals surface area contributed by atoms with Crippen LogP contribution in [0, 0.1) is 0 Å². The number of halogens is 5. The maximum Gasteiger partial charge on any atom is 0.262 e. The fraction of sp³-hybridized carbons (Fsp3) is 0.692. The molecule has 2 aliphatic heterocycles. The second-order valence-corrected chi connectivity index (χ2v) is 5.63. The van der Waals surface area contributed by atoms with Crippen LogP contribution in [0.1, 0.15) is 12.2 Å². The SMILES string of the molecule is Cl.Cl.Cl.O=C(C1CC(F)(F)CN1)N1CCN(Cc2ncc[nH]2)CC1. The van der Waals surface area contributed by atoms with Crippen molar-refractivity contribution in [2.24, 2.45) is 0 Å². The number of piperazine rings is 1. The van der Waals surface area contributed by atoms with Crippen LogP contribution in [0.25, 0.3) is 0 Å². The summed E-state index contributed by atoms with van der Waals surface area (Å²) < 4.78 is 26.3. The molecule has 0 aromatic carbocycles. The summed E-state index contributed by atoms with van der Waals surface area (Å²) in [6, 6.07) is -0.739. The summed E-state index contributed by atoms with van der Waals surface area (Å²) in [5.41, 5.74) is 0. The van der Waals surface area contributed by atoms with Crippen LogP contribution < -0.4 is 5.32 Å². The van der Waals surface area contributed by atoms with E-state index >= 15 is 0 Å². The molecule has 3 heterocycles. The first-order valence-corrected chi connectivity index (χ1v) is 7.14. The summed E-state index contributed by atoms with van der Waals surface area (Å²) in [5.74, 6) is -2.07. The highest BCUT2D eigenvalue weighted by Gasteiger charge is 2.43.